The van der Waals surface area contributed by atoms with E-state index < -0.39 is 0 Å². The fourth-order valence-corrected chi connectivity index (χ4v) is 3.82. The molecule has 0 aliphatic carbocycles. The van der Waals surface area contributed by atoms with Gasteiger partial charge in [0.05, 0.1) is 0 Å². The molecule has 0 amide bonds. The largest absolute Gasteiger partial charge is 0.297 e. The number of nitrogens with zero attached hydrogens (tertiary/aromatic N) is 1. The lowest BCUT2D eigenvalue weighted by atomic mass is 9.99. The summed E-state index contributed by atoms with van der Waals surface area (Å²) in [5.41, 5.74) is 0. The van der Waals surface area contributed by atoms with Crippen LogP contribution in [-0.4, -0.2) is 22.8 Å². The van der Waals surface area contributed by atoms with Crippen LogP contribution in [0.2, 0.25) is 0 Å². The molecule has 1 saturated heterocycles. The Morgan fingerprint density at radius 2 is 2.19 bits per heavy atom. The summed E-state index contributed by atoms with van der Waals surface area (Å²) in [5, 5.41) is 0. The molecule has 2 unspecified atom stereocenters. The number of hydrogen-bond donors (Lipinski definition) is 0. The minimum absolute atomic E-state index is 0.673. The van der Waals surface area contributed by atoms with E-state index in [1.54, 1.807) is 0 Å². The van der Waals surface area contributed by atoms with Crippen molar-refractivity contribution in [2.45, 2.75) is 38.1 Å². The summed E-state index contributed by atoms with van der Waals surface area (Å²) in [4.78, 5) is 6.28. The Labute approximate surface area is 111 Å². The molecule has 2 heterocycles. The molecule has 1 aliphatic rings. The topological polar surface area (TPSA) is 3.24 Å². The molecular weight excluding hydrogens is 282 g/mol. The average Bonchev–Trinajstić information content (AvgIpc) is 2.71. The lowest BCUT2D eigenvalue weighted by Crippen LogP contribution is -2.39. The van der Waals surface area contributed by atoms with Crippen LogP contribution in [0.4, 0.5) is 0 Å². The Kier molecular flexibility index (Phi) is 4.45. The Hall–Kier alpha value is 0.140. The maximum absolute atomic E-state index is 3.79. The van der Waals surface area contributed by atoms with Gasteiger partial charge >= 0.3 is 0 Å². The van der Waals surface area contributed by atoms with Crippen molar-refractivity contribution in [3.05, 3.63) is 21.9 Å². The van der Waals surface area contributed by atoms with Crippen molar-refractivity contribution in [3.63, 3.8) is 0 Å². The third-order valence-electron chi connectivity index (χ3n) is 3.40. The number of hydrogen-bond acceptors (Lipinski definition) is 2. The van der Waals surface area contributed by atoms with Crippen LogP contribution in [0.3, 0.4) is 0 Å². The highest BCUT2D eigenvalue weighted by Crippen LogP contribution is 2.26. The molecule has 1 nitrogen and oxygen atoms in total. The first-order valence-corrected chi connectivity index (χ1v) is 7.86. The number of thiophene rings is 1. The van der Waals surface area contributed by atoms with Gasteiger partial charge in [-0.15, -0.1) is 11.3 Å². The van der Waals surface area contributed by atoms with Crippen LogP contribution in [0.25, 0.3) is 0 Å². The smallest absolute Gasteiger partial charge is 0.0328 e. The summed E-state index contributed by atoms with van der Waals surface area (Å²) in [6, 6.07) is 4.57. The highest BCUT2D eigenvalue weighted by Gasteiger charge is 2.23. The van der Waals surface area contributed by atoms with Gasteiger partial charge in [0, 0.05) is 27.7 Å². The van der Waals surface area contributed by atoms with Crippen LogP contribution in [0, 0.1) is 5.92 Å². The molecule has 16 heavy (non-hydrogen) atoms. The molecule has 1 aliphatic heterocycles. The summed E-state index contributed by atoms with van der Waals surface area (Å²) in [6.45, 7) is 8.16. The van der Waals surface area contributed by atoms with E-state index in [1.165, 1.54) is 35.7 Å². The number of aryl methyl sites for hydroxylation is 1. The highest BCUT2D eigenvalue weighted by atomic mass is 79.9. The average molecular weight is 302 g/mol. The predicted octanol–water partition coefficient (Wildman–Crippen LogP) is 3.92. The van der Waals surface area contributed by atoms with Crippen molar-refractivity contribution in [1.29, 1.82) is 0 Å². The van der Waals surface area contributed by atoms with Crippen LogP contribution in [0.1, 0.15) is 30.0 Å². The van der Waals surface area contributed by atoms with E-state index in [-0.39, 0.29) is 0 Å². The molecule has 0 bridgehead atoms. The van der Waals surface area contributed by atoms with Gasteiger partial charge in [-0.05, 0) is 37.4 Å². The van der Waals surface area contributed by atoms with E-state index in [1.807, 2.05) is 11.3 Å². The molecule has 0 spiro atoms. The zero-order valence-corrected chi connectivity index (χ0v) is 12.5. The number of rotatable bonds is 3. The van der Waals surface area contributed by atoms with Gasteiger partial charge in [-0.2, -0.15) is 0 Å². The van der Waals surface area contributed by atoms with Crippen LogP contribution < -0.4 is 0 Å². The quantitative estimate of drug-likeness (QED) is 0.765. The number of halogens is 1. The molecule has 1 aromatic rings. The first-order chi connectivity index (χ1) is 7.69. The van der Waals surface area contributed by atoms with Gasteiger partial charge in [0.2, 0.25) is 0 Å². The number of likely N-dealkylation sites (tertiary alicyclic amines) is 1. The molecule has 0 radical (unpaired) electrons. The summed E-state index contributed by atoms with van der Waals surface area (Å²) in [6.07, 6.45) is 2.49. The van der Waals surface area contributed by atoms with Gasteiger partial charge in [-0.3, -0.25) is 4.90 Å². The highest BCUT2D eigenvalue weighted by molar-refractivity contribution is 9.09. The van der Waals surface area contributed by atoms with E-state index >= 15 is 0 Å². The SMILES string of the molecule is CCc1ccc(CN2CCC(C)C(Br)C2)s1. The minimum Gasteiger partial charge on any atom is -0.297 e. The zero-order valence-electron chi connectivity index (χ0n) is 10.1. The number of alkyl halides is 1. The predicted molar refractivity (Wildman–Crippen MR) is 75.5 cm³/mol. The Balaban J connectivity index is 1.90. The van der Waals surface area contributed by atoms with Crippen LogP contribution in [0.5, 0.6) is 0 Å². The van der Waals surface area contributed by atoms with Gasteiger partial charge in [0.15, 0.2) is 0 Å². The molecule has 1 fully saturated rings. The Morgan fingerprint density at radius 3 is 2.81 bits per heavy atom. The molecular formula is C13H20BrNS. The van der Waals surface area contributed by atoms with E-state index in [9.17, 15) is 0 Å². The van der Waals surface area contributed by atoms with Crippen molar-refractivity contribution in [3.8, 4) is 0 Å². The molecule has 0 saturated carbocycles. The van der Waals surface area contributed by atoms with Crippen LogP contribution in [0.15, 0.2) is 12.1 Å². The second kappa shape index (κ2) is 5.65. The van der Waals surface area contributed by atoms with Crippen molar-refractivity contribution in [1.82, 2.24) is 4.90 Å². The number of piperidine rings is 1. The van der Waals surface area contributed by atoms with Crippen LogP contribution >= 0.6 is 27.3 Å². The van der Waals surface area contributed by atoms with E-state index in [0.29, 0.717) is 4.83 Å². The van der Waals surface area contributed by atoms with Crippen molar-refractivity contribution in [2.24, 2.45) is 5.92 Å². The lowest BCUT2D eigenvalue weighted by molar-refractivity contribution is 0.195. The normalized spacial score (nSPS) is 27.2. The molecule has 2 rings (SSSR count). The fourth-order valence-electron chi connectivity index (χ4n) is 2.15. The zero-order chi connectivity index (χ0) is 11.5. The summed E-state index contributed by atoms with van der Waals surface area (Å²) < 4.78 is 0. The Bertz CT molecular complexity index is 336. The summed E-state index contributed by atoms with van der Waals surface area (Å²) in [7, 11) is 0. The van der Waals surface area contributed by atoms with Crippen molar-refractivity contribution < 1.29 is 0 Å². The molecule has 90 valence electrons. The van der Waals surface area contributed by atoms with Gasteiger partial charge in [0.1, 0.15) is 0 Å². The van der Waals surface area contributed by atoms with Crippen LogP contribution in [-0.2, 0) is 13.0 Å². The standard InChI is InChI=1S/C13H20BrNS/c1-3-11-4-5-12(16-11)8-15-7-6-10(2)13(14)9-15/h4-5,10,13H,3,6-9H2,1-2H3. The van der Waals surface area contributed by atoms with E-state index in [2.05, 4.69) is 46.8 Å². The molecule has 0 N–H and O–H groups in total. The maximum atomic E-state index is 3.79. The molecule has 0 aromatic carbocycles. The van der Waals surface area contributed by atoms with E-state index in [0.717, 1.165) is 12.5 Å². The van der Waals surface area contributed by atoms with Gasteiger partial charge in [-0.25, -0.2) is 0 Å². The summed E-state index contributed by atoms with van der Waals surface area (Å²) >= 11 is 5.76. The molecule has 1 aromatic heterocycles. The Morgan fingerprint density at radius 1 is 1.44 bits per heavy atom. The minimum atomic E-state index is 0.673. The second-order valence-corrected chi connectivity index (χ2v) is 7.17. The third kappa shape index (κ3) is 3.08. The van der Waals surface area contributed by atoms with Crippen molar-refractivity contribution in [2.75, 3.05) is 13.1 Å². The van der Waals surface area contributed by atoms with Gasteiger partial charge < -0.3 is 0 Å². The monoisotopic (exact) mass is 301 g/mol. The first-order valence-electron chi connectivity index (χ1n) is 6.13. The first kappa shape index (κ1) is 12.6. The van der Waals surface area contributed by atoms with Gasteiger partial charge in [0.25, 0.3) is 0 Å². The van der Waals surface area contributed by atoms with E-state index in [4.69, 9.17) is 0 Å². The fraction of sp³-hybridized carbons (Fsp3) is 0.692. The third-order valence-corrected chi connectivity index (χ3v) is 5.80. The van der Waals surface area contributed by atoms with Crippen molar-refractivity contribution >= 4 is 27.3 Å². The second-order valence-electron chi connectivity index (χ2n) is 4.74. The lowest BCUT2D eigenvalue weighted by Gasteiger charge is -2.33. The van der Waals surface area contributed by atoms with Gasteiger partial charge in [-0.1, -0.05) is 29.8 Å². The maximum Gasteiger partial charge on any atom is 0.0328 e. The summed E-state index contributed by atoms with van der Waals surface area (Å²) in [5.74, 6) is 0.825. The molecule has 2 atom stereocenters. The molecule has 3 heteroatoms.